The predicted molar refractivity (Wildman–Crippen MR) is 401 cm³/mol. The van der Waals surface area contributed by atoms with E-state index in [1.165, 1.54) is 13.8 Å². The van der Waals surface area contributed by atoms with Gasteiger partial charge in [0.25, 0.3) is 0 Å². The van der Waals surface area contributed by atoms with Crippen molar-refractivity contribution in [3.63, 3.8) is 0 Å². The number of hydrogen-bond acceptors (Lipinski definition) is 27. The molecule has 0 heterocycles. The van der Waals surface area contributed by atoms with Gasteiger partial charge in [-0.3, -0.25) is 47.9 Å². The molecule has 0 aromatic heterocycles. The molecule has 0 aliphatic rings. The fourth-order valence-electron chi connectivity index (χ4n) is 8.78. The maximum atomic E-state index is 13.3. The first kappa shape index (κ1) is 105. The molecule has 8 amide bonds. The SMILES string of the molecule is CC(=O)N[C@H](CC(=O)NCCNCCNCCNCC[NH3+])C(=O)N[C@@H](CC(=O)NCCNCCNCCNCC[NH3+])C(=O)NCCOCCN=[N+]=[N-].CC(=O)N[C@H](CC(=O)OCc1ccccc1)C(=O)N[C@@H](CC(=O)OCc1ccccc1)C(=O)NCCOCCN=[N+]=[N-].NCCNCCNCCNCCN.[Cl-].[Cl-]. The summed E-state index contributed by atoms with van der Waals surface area (Å²) in [6.07, 6.45) is -1.79. The number of halogens is 2. The van der Waals surface area contributed by atoms with Crippen LogP contribution in [0.15, 0.2) is 70.9 Å². The van der Waals surface area contributed by atoms with Gasteiger partial charge in [-0.25, -0.2) is 0 Å². The van der Waals surface area contributed by atoms with Gasteiger partial charge in [-0.1, -0.05) is 70.9 Å². The van der Waals surface area contributed by atoms with Crippen LogP contribution >= 0.6 is 0 Å². The number of amides is 8. The van der Waals surface area contributed by atoms with Gasteiger partial charge in [-0.15, -0.1) is 0 Å². The third-order valence-electron chi connectivity index (χ3n) is 14.0. The molecule has 0 spiro atoms. The smallest absolute Gasteiger partial charge is 0.308 e. The molecule has 0 aliphatic heterocycles. The van der Waals surface area contributed by atoms with E-state index in [1.807, 2.05) is 12.1 Å². The first-order valence-electron chi connectivity index (χ1n) is 36.1. The highest BCUT2D eigenvalue weighted by Crippen LogP contribution is 2.08. The van der Waals surface area contributed by atoms with Crippen LogP contribution in [0.4, 0.5) is 0 Å². The number of nitrogens with zero attached hydrogens (tertiary/aromatic N) is 6. The Labute approximate surface area is 651 Å². The lowest BCUT2D eigenvalue weighted by Gasteiger charge is -2.22. The van der Waals surface area contributed by atoms with E-state index < -0.39 is 96.2 Å². The number of nitrogens with two attached hydrogens (primary N) is 2. The van der Waals surface area contributed by atoms with E-state index in [1.54, 1.807) is 48.5 Å². The third-order valence-corrected chi connectivity index (χ3v) is 14.0. The van der Waals surface area contributed by atoms with Crippen molar-refractivity contribution in [1.82, 2.24) is 90.4 Å². The first-order valence-corrected chi connectivity index (χ1v) is 36.1. The lowest BCUT2D eigenvalue weighted by atomic mass is 10.1. The molecule has 2 aromatic carbocycles. The molecule has 0 saturated carbocycles. The van der Waals surface area contributed by atoms with Gasteiger partial charge >= 0.3 is 11.9 Å². The fourth-order valence-corrected chi connectivity index (χ4v) is 8.78. The van der Waals surface area contributed by atoms with Gasteiger partial charge in [0.1, 0.15) is 37.4 Å². The summed E-state index contributed by atoms with van der Waals surface area (Å²) in [6, 6.07) is 12.4. The summed E-state index contributed by atoms with van der Waals surface area (Å²) in [4.78, 5) is 132. The second kappa shape index (κ2) is 76.5. The molecule has 4 atom stereocenters. The van der Waals surface area contributed by atoms with Crippen LogP contribution in [0.3, 0.4) is 0 Å². The van der Waals surface area contributed by atoms with Crippen molar-refractivity contribution in [2.45, 2.75) is 76.9 Å². The maximum absolute atomic E-state index is 13.3. The van der Waals surface area contributed by atoms with E-state index in [-0.39, 0.29) is 103 Å². The van der Waals surface area contributed by atoms with Crippen molar-refractivity contribution in [3.8, 4) is 0 Å². The molecule has 620 valence electrons. The lowest BCUT2D eigenvalue weighted by Crippen LogP contribution is -3.00. The number of quaternary nitrogens is 2. The average Bonchev–Trinajstić information content (AvgIpc) is 0.879. The summed E-state index contributed by atoms with van der Waals surface area (Å²) in [7, 11) is 0. The first-order chi connectivity index (χ1) is 51.9. The molecular weight excluding hydrogens is 1470 g/mol. The number of hydrogen-bond donors (Lipinski definition) is 21. The zero-order valence-corrected chi connectivity index (χ0v) is 64.7. The van der Waals surface area contributed by atoms with Crippen molar-refractivity contribution < 1.29 is 103 Å². The van der Waals surface area contributed by atoms with Gasteiger partial charge in [0.2, 0.25) is 47.3 Å². The molecule has 2 rings (SSSR count). The second-order valence-electron chi connectivity index (χ2n) is 23.2. The van der Waals surface area contributed by atoms with E-state index in [4.69, 9.17) is 41.5 Å². The van der Waals surface area contributed by atoms with Crippen molar-refractivity contribution in [1.29, 1.82) is 0 Å². The molecule has 0 saturated heterocycles. The maximum Gasteiger partial charge on any atom is 0.308 e. The molecule has 27 N–H and O–H groups in total. The number of ether oxygens (including phenoxy) is 4. The zero-order valence-electron chi connectivity index (χ0n) is 63.2. The Hall–Kier alpha value is -8.26. The highest BCUT2D eigenvalue weighted by Gasteiger charge is 2.32. The highest BCUT2D eigenvalue weighted by atomic mass is 35.5. The zero-order chi connectivity index (χ0) is 78.9. The van der Waals surface area contributed by atoms with Crippen LogP contribution in [-0.4, -0.2) is 293 Å². The topological polar surface area (TPSA) is 617 Å². The summed E-state index contributed by atoms with van der Waals surface area (Å²) >= 11 is 0. The number of azide groups is 2. The van der Waals surface area contributed by atoms with E-state index in [0.29, 0.717) is 52.4 Å². The molecule has 2 aromatic rings. The Morgan fingerprint density at radius 2 is 0.679 bits per heavy atom. The Kier molecular flexibility index (Phi) is 73.6. The van der Waals surface area contributed by atoms with E-state index in [2.05, 4.69) is 122 Å². The predicted octanol–water partition coefficient (Wildman–Crippen LogP) is -14.2. The van der Waals surface area contributed by atoms with Crippen molar-refractivity contribution in [3.05, 3.63) is 92.7 Å². The quantitative estimate of drug-likeness (QED) is 0.00961. The molecule has 0 aliphatic carbocycles. The largest absolute Gasteiger partial charge is 1.00 e. The van der Waals surface area contributed by atoms with E-state index >= 15 is 0 Å². The highest BCUT2D eigenvalue weighted by molar-refractivity contribution is 5.97. The molecular formula is C66H123Cl2N27O14. The lowest BCUT2D eigenvalue weighted by molar-refractivity contribution is -0.365. The normalized spacial score (nSPS) is 11.4. The summed E-state index contributed by atoms with van der Waals surface area (Å²) in [5.74, 6) is -6.65. The molecule has 109 heavy (non-hydrogen) atoms. The van der Waals surface area contributed by atoms with E-state index in [9.17, 15) is 47.9 Å². The number of nitrogens with one attached hydrogen (secondary N) is 17. The summed E-state index contributed by atoms with van der Waals surface area (Å²) in [5, 5.41) is 56.3. The summed E-state index contributed by atoms with van der Waals surface area (Å²) < 4.78 is 21.0. The van der Waals surface area contributed by atoms with Crippen molar-refractivity contribution in [2.75, 3.05) is 210 Å². The van der Waals surface area contributed by atoms with Crippen molar-refractivity contribution >= 4 is 59.2 Å². The standard InChI is InChI=1S/C30H64N16O6.C28H34N6O8.C8H23N5.2ClH/c1-24(47)44-26(23-28(49)41-17-15-39-13-11-37-9-7-35-5-3-32)30(51)45-25(29(50)42-18-20-52-21-19-43-46-33)22-27(48)40-16-14-38-12-10-36-8-6-34-4-2-31;1-20(35)32-24(17-26(37)42-19-22-10-6-3-7-11-22)28(39)33-23(27(38)30-12-14-40-15-13-31-34-29)16-25(36)41-18-21-8-4-2-5-9-21;9-1-3-11-5-7-13-8-6-12-4-2-10;;/h25-26,34-39H,2-23,31-32H2,1H3,(H,40,48)(H,41,49)(H,42,50)(H,44,47)(H,45,51);2-11,23-24H,12-19H2,1H3,(H,30,38)(H,32,35)(H,33,39);11-13H,1-10H2;2*1H/t25-,26+;23-,24+;;;/m00.../s1. The minimum Gasteiger partial charge on any atom is -1.00 e. The molecule has 41 nitrogen and oxygen atoms in total. The Bertz CT molecular complexity index is 2810. The summed E-state index contributed by atoms with van der Waals surface area (Å²) in [6.45, 7) is 21.6. The molecule has 0 fully saturated rings. The van der Waals surface area contributed by atoms with Crippen LogP contribution in [0.2, 0.25) is 0 Å². The molecule has 0 unspecified atom stereocenters. The average molecular weight is 1590 g/mol. The molecule has 0 radical (unpaired) electrons. The van der Waals surface area contributed by atoms with Gasteiger partial charge < -0.3 is 157 Å². The Morgan fingerprint density at radius 1 is 0.385 bits per heavy atom. The monoisotopic (exact) mass is 1590 g/mol. The van der Waals surface area contributed by atoms with E-state index in [0.717, 1.165) is 116 Å². The van der Waals surface area contributed by atoms with Crippen molar-refractivity contribution in [2.24, 2.45) is 21.7 Å². The van der Waals surface area contributed by atoms with Gasteiger partial charge in [0.05, 0.1) is 65.2 Å². The molecule has 43 heteroatoms. The van der Waals surface area contributed by atoms with Gasteiger partial charge in [-0.2, -0.15) is 0 Å². The number of rotatable bonds is 64. The molecule has 0 bridgehead atoms. The Balaban J connectivity index is -0.00000176. The van der Waals surface area contributed by atoms with Gasteiger partial charge in [0.15, 0.2) is 0 Å². The van der Waals surface area contributed by atoms with Gasteiger partial charge in [-0.05, 0) is 22.2 Å². The van der Waals surface area contributed by atoms with Crippen LogP contribution in [0.25, 0.3) is 20.9 Å². The van der Waals surface area contributed by atoms with Crippen LogP contribution in [0.5, 0.6) is 0 Å². The minimum atomic E-state index is -1.39. The fraction of sp³-hybridized carbons (Fsp3) is 0.667. The van der Waals surface area contributed by atoms with Crippen LogP contribution in [0, 0.1) is 0 Å². The minimum absolute atomic E-state index is 0. The van der Waals surface area contributed by atoms with Crippen LogP contribution in [-0.2, 0) is 80.1 Å². The Morgan fingerprint density at radius 3 is 0.991 bits per heavy atom. The number of esters is 2. The number of carbonyl (C=O) groups excluding carboxylic acids is 10. The van der Waals surface area contributed by atoms with Crippen LogP contribution < -0.4 is 138 Å². The second-order valence-corrected chi connectivity index (χ2v) is 23.2. The summed E-state index contributed by atoms with van der Waals surface area (Å²) in [5.41, 5.74) is 36.3. The number of benzene rings is 2. The number of carbonyl (C=O) groups is 10. The van der Waals surface area contributed by atoms with Gasteiger partial charge in [0, 0.05) is 194 Å². The third kappa shape index (κ3) is 66.5. The van der Waals surface area contributed by atoms with Crippen LogP contribution in [0.1, 0.15) is 50.7 Å².